The highest BCUT2D eigenvalue weighted by Crippen LogP contribution is 2.61. The van der Waals surface area contributed by atoms with Gasteiger partial charge in [-0.1, -0.05) is 13.0 Å². The Hall–Kier alpha value is -2.04. The molecule has 4 rings (SSSR count). The Morgan fingerprint density at radius 2 is 2.04 bits per heavy atom. The number of aliphatic carboxylic acids is 1. The van der Waals surface area contributed by atoms with E-state index >= 15 is 0 Å². The summed E-state index contributed by atoms with van der Waals surface area (Å²) in [5, 5.41) is 20.4. The Morgan fingerprint density at radius 3 is 2.81 bits per heavy atom. The molecule has 0 saturated heterocycles. The number of carboxylic acid groups (broad SMARTS) is 1. The molecule has 2 fully saturated rings. The number of ether oxygens (including phenoxy) is 1. The maximum Gasteiger partial charge on any atom is 0.306 e. The summed E-state index contributed by atoms with van der Waals surface area (Å²) in [6.07, 6.45) is 5.62. The second-order valence-corrected chi connectivity index (χ2v) is 8.77. The van der Waals surface area contributed by atoms with Crippen molar-refractivity contribution < 1.29 is 24.5 Å². The zero-order valence-corrected chi connectivity index (χ0v) is 15.8. The van der Waals surface area contributed by atoms with E-state index in [9.17, 15) is 19.8 Å². The Kier molecular flexibility index (Phi) is 4.65. The Labute approximate surface area is 159 Å². The minimum absolute atomic E-state index is 0.0211. The van der Waals surface area contributed by atoms with Crippen molar-refractivity contribution in [1.29, 1.82) is 0 Å². The lowest BCUT2D eigenvalue weighted by Crippen LogP contribution is -2.45. The van der Waals surface area contributed by atoms with Crippen LogP contribution in [-0.2, 0) is 20.7 Å². The van der Waals surface area contributed by atoms with Crippen LogP contribution in [-0.4, -0.2) is 23.1 Å². The molecule has 1 aromatic carbocycles. The smallest absolute Gasteiger partial charge is 0.306 e. The summed E-state index contributed by atoms with van der Waals surface area (Å²) in [4.78, 5) is 22.6. The number of rotatable bonds is 4. The number of carboxylic acids is 1. The highest BCUT2D eigenvalue weighted by Gasteiger charge is 2.56. The van der Waals surface area contributed by atoms with Crippen molar-refractivity contribution in [1.82, 2.24) is 0 Å². The first-order chi connectivity index (χ1) is 12.9. The van der Waals surface area contributed by atoms with Crippen molar-refractivity contribution >= 4 is 11.9 Å². The maximum absolute atomic E-state index is 12.1. The van der Waals surface area contributed by atoms with E-state index in [0.29, 0.717) is 23.5 Å². The minimum Gasteiger partial charge on any atom is -0.550 e. The second-order valence-electron chi connectivity index (χ2n) is 8.77. The number of phenolic OH excluding ortho intramolecular Hbond substituents is 1. The maximum atomic E-state index is 12.1. The van der Waals surface area contributed by atoms with Crippen molar-refractivity contribution in [2.24, 2.45) is 17.3 Å². The van der Waals surface area contributed by atoms with Gasteiger partial charge in [-0.25, -0.2) is 0 Å². The van der Waals surface area contributed by atoms with E-state index in [1.54, 1.807) is 6.07 Å². The standard InChI is InChI=1S/C22H28O5/c1-22-11-10-16-15-5-3-14(23)12-13(15)2-4-17(16)18(22)6-7-19(22)27-21(26)9-8-20(24)25/h3,5,12,16-19,23H,2,4,6-11H2,1H3,(H,24,25)/p-1/t16-,17+,18-,19-,22-/m0/s1. The average Bonchev–Trinajstić information content (AvgIpc) is 2.96. The third kappa shape index (κ3) is 3.21. The number of phenols is 1. The van der Waals surface area contributed by atoms with Gasteiger partial charge in [0.1, 0.15) is 11.9 Å². The number of aromatic hydroxyl groups is 1. The fourth-order valence-electron chi connectivity index (χ4n) is 6.14. The first-order valence-electron chi connectivity index (χ1n) is 10.1. The first kappa shape index (κ1) is 18.3. The van der Waals surface area contributed by atoms with Crippen LogP contribution < -0.4 is 5.11 Å². The summed E-state index contributed by atoms with van der Waals surface area (Å²) in [7, 11) is 0. The molecule has 0 amide bonds. The minimum atomic E-state index is -1.21. The topological polar surface area (TPSA) is 86.7 Å². The molecule has 0 aliphatic heterocycles. The Morgan fingerprint density at radius 1 is 1.22 bits per heavy atom. The van der Waals surface area contributed by atoms with E-state index in [2.05, 4.69) is 13.0 Å². The molecule has 5 atom stereocenters. The predicted octanol–water partition coefficient (Wildman–Crippen LogP) is 2.69. The van der Waals surface area contributed by atoms with E-state index < -0.39 is 11.9 Å². The van der Waals surface area contributed by atoms with E-state index in [1.807, 2.05) is 6.07 Å². The molecule has 3 aliphatic carbocycles. The summed E-state index contributed by atoms with van der Waals surface area (Å²) in [5.74, 6) is 0.356. The fourth-order valence-corrected chi connectivity index (χ4v) is 6.14. The van der Waals surface area contributed by atoms with E-state index in [1.165, 1.54) is 11.1 Å². The van der Waals surface area contributed by atoms with Gasteiger partial charge < -0.3 is 19.7 Å². The van der Waals surface area contributed by atoms with Gasteiger partial charge in [0.05, 0.1) is 6.42 Å². The molecular weight excluding hydrogens is 344 g/mol. The van der Waals surface area contributed by atoms with Crippen LogP contribution >= 0.6 is 0 Å². The highest BCUT2D eigenvalue weighted by atomic mass is 16.5. The van der Waals surface area contributed by atoms with Crippen molar-refractivity contribution in [3.8, 4) is 5.75 Å². The Balaban J connectivity index is 1.49. The van der Waals surface area contributed by atoms with E-state index in [-0.39, 0.29) is 24.4 Å². The molecule has 0 aromatic heterocycles. The molecule has 1 aromatic rings. The van der Waals surface area contributed by atoms with Gasteiger partial charge in [0, 0.05) is 11.4 Å². The lowest BCUT2D eigenvalue weighted by atomic mass is 9.55. The summed E-state index contributed by atoms with van der Waals surface area (Å²) < 4.78 is 5.74. The first-order valence-corrected chi connectivity index (χ1v) is 10.1. The van der Waals surface area contributed by atoms with Crippen LogP contribution in [0.5, 0.6) is 5.75 Å². The number of hydrogen-bond donors (Lipinski definition) is 1. The highest BCUT2D eigenvalue weighted by molar-refractivity contribution is 5.75. The largest absolute Gasteiger partial charge is 0.550 e. The number of hydrogen-bond acceptors (Lipinski definition) is 5. The molecule has 0 heterocycles. The molecule has 5 heteroatoms. The molecular formula is C22H27O5-. The van der Waals surface area contributed by atoms with Crippen LogP contribution in [0, 0.1) is 17.3 Å². The monoisotopic (exact) mass is 371 g/mol. The number of esters is 1. The normalized spacial score (nSPS) is 34.3. The Bertz CT molecular complexity index is 757. The van der Waals surface area contributed by atoms with Crippen molar-refractivity contribution in [3.05, 3.63) is 29.3 Å². The summed E-state index contributed by atoms with van der Waals surface area (Å²) in [6, 6.07) is 5.80. The molecule has 27 heavy (non-hydrogen) atoms. The van der Waals surface area contributed by atoms with Gasteiger partial charge >= 0.3 is 5.97 Å². The molecule has 1 N–H and O–H groups in total. The summed E-state index contributed by atoms with van der Waals surface area (Å²) in [6.45, 7) is 2.25. The van der Waals surface area contributed by atoms with Crippen LogP contribution in [0.15, 0.2) is 18.2 Å². The fraction of sp³-hybridized carbons (Fsp3) is 0.636. The number of carbonyl (C=O) groups excluding carboxylic acids is 2. The van der Waals surface area contributed by atoms with Crippen LogP contribution in [0.3, 0.4) is 0 Å². The van der Waals surface area contributed by atoms with E-state index in [4.69, 9.17) is 4.74 Å². The zero-order chi connectivity index (χ0) is 19.2. The number of carbonyl (C=O) groups is 2. The third-order valence-corrected chi connectivity index (χ3v) is 7.43. The molecule has 146 valence electrons. The van der Waals surface area contributed by atoms with Gasteiger partial charge in [0.15, 0.2) is 0 Å². The number of fused-ring (bicyclic) bond motifs is 5. The van der Waals surface area contributed by atoms with Crippen LogP contribution in [0.25, 0.3) is 0 Å². The summed E-state index contributed by atoms with van der Waals surface area (Å²) in [5.41, 5.74) is 2.65. The molecule has 3 aliphatic rings. The molecule has 0 spiro atoms. The van der Waals surface area contributed by atoms with E-state index in [0.717, 1.165) is 38.5 Å². The van der Waals surface area contributed by atoms with Gasteiger partial charge in [-0.05, 0) is 86.0 Å². The van der Waals surface area contributed by atoms with Crippen LogP contribution in [0.1, 0.15) is 68.9 Å². The molecule has 2 saturated carbocycles. The second kappa shape index (κ2) is 6.84. The zero-order valence-electron chi connectivity index (χ0n) is 15.8. The lowest BCUT2D eigenvalue weighted by Gasteiger charge is -2.50. The SMILES string of the molecule is C[C@]12CC[C@H]3c4ccc(O)cc4CC[C@H]3[C@@H]1CC[C@@H]2OC(=O)CCC(=O)[O-]. The van der Waals surface area contributed by atoms with Crippen LogP contribution in [0.2, 0.25) is 0 Å². The van der Waals surface area contributed by atoms with Gasteiger partial charge in [0.25, 0.3) is 0 Å². The van der Waals surface area contributed by atoms with Crippen LogP contribution in [0.4, 0.5) is 0 Å². The molecule has 0 radical (unpaired) electrons. The van der Waals surface area contributed by atoms with Crippen molar-refractivity contribution in [2.75, 3.05) is 0 Å². The van der Waals surface area contributed by atoms with Gasteiger partial charge in [-0.2, -0.15) is 0 Å². The molecule has 0 bridgehead atoms. The molecule has 0 unspecified atom stereocenters. The predicted molar refractivity (Wildman–Crippen MR) is 96.8 cm³/mol. The van der Waals surface area contributed by atoms with Gasteiger partial charge in [-0.15, -0.1) is 0 Å². The molecule has 5 nitrogen and oxygen atoms in total. The lowest BCUT2D eigenvalue weighted by molar-refractivity contribution is -0.305. The van der Waals surface area contributed by atoms with Gasteiger partial charge in [-0.3, -0.25) is 4.79 Å². The average molecular weight is 371 g/mol. The quantitative estimate of drug-likeness (QED) is 0.823. The summed E-state index contributed by atoms with van der Waals surface area (Å²) >= 11 is 0. The van der Waals surface area contributed by atoms with Crippen molar-refractivity contribution in [3.63, 3.8) is 0 Å². The number of benzene rings is 1. The van der Waals surface area contributed by atoms with Crippen molar-refractivity contribution in [2.45, 2.75) is 70.3 Å². The third-order valence-electron chi connectivity index (χ3n) is 7.43. The van der Waals surface area contributed by atoms with Gasteiger partial charge in [0.2, 0.25) is 0 Å². The number of aryl methyl sites for hydroxylation is 1.